The molecule has 0 saturated heterocycles. The van der Waals surface area contributed by atoms with Crippen molar-refractivity contribution in [2.24, 2.45) is 0 Å². The molecule has 0 unspecified atom stereocenters. The Kier molecular flexibility index (Phi) is 3.61. The normalized spacial score (nSPS) is 10.6. The minimum Gasteiger partial charge on any atom is -0.288 e. The molecule has 17 heavy (non-hydrogen) atoms. The summed E-state index contributed by atoms with van der Waals surface area (Å²) in [6.07, 6.45) is 0. The lowest BCUT2D eigenvalue weighted by Crippen LogP contribution is -2.04. The molecule has 0 aliphatic heterocycles. The SMILES string of the molecule is O=C(c1cc(F)c(Cl)cc1F)c1cscc1Br. The van der Waals surface area contributed by atoms with Crippen LogP contribution in [-0.2, 0) is 0 Å². The Bertz CT molecular complexity index is 597. The van der Waals surface area contributed by atoms with E-state index in [2.05, 4.69) is 15.9 Å². The van der Waals surface area contributed by atoms with Crippen LogP contribution in [0.5, 0.6) is 0 Å². The Balaban J connectivity index is 2.52. The Morgan fingerprint density at radius 3 is 2.47 bits per heavy atom. The fraction of sp³-hybridized carbons (Fsp3) is 0. The van der Waals surface area contributed by atoms with Gasteiger partial charge in [0.15, 0.2) is 5.78 Å². The summed E-state index contributed by atoms with van der Waals surface area (Å²) >= 11 is 9.87. The van der Waals surface area contributed by atoms with Crippen LogP contribution in [-0.4, -0.2) is 5.78 Å². The fourth-order valence-electron chi connectivity index (χ4n) is 1.29. The van der Waals surface area contributed by atoms with Gasteiger partial charge in [-0.05, 0) is 28.1 Å². The summed E-state index contributed by atoms with van der Waals surface area (Å²) in [6, 6.07) is 1.61. The minimum atomic E-state index is -0.834. The molecule has 0 bridgehead atoms. The molecule has 0 amide bonds. The molecule has 0 saturated carbocycles. The van der Waals surface area contributed by atoms with Crippen molar-refractivity contribution in [3.63, 3.8) is 0 Å². The largest absolute Gasteiger partial charge is 0.288 e. The lowest BCUT2D eigenvalue weighted by molar-refractivity contribution is 0.103. The third kappa shape index (κ3) is 2.41. The van der Waals surface area contributed by atoms with Crippen LogP contribution in [0.3, 0.4) is 0 Å². The lowest BCUT2D eigenvalue weighted by atomic mass is 10.1. The molecule has 0 aliphatic rings. The predicted octanol–water partition coefficient (Wildman–Crippen LogP) is 4.67. The standard InChI is InChI=1S/C11H4BrClF2OS/c12-7-4-17-3-6(7)11(16)5-1-10(15)8(13)2-9(5)14/h1-4H. The maximum atomic E-state index is 13.5. The first-order chi connectivity index (χ1) is 8.00. The number of ketones is 1. The second kappa shape index (κ2) is 4.84. The maximum Gasteiger partial charge on any atom is 0.198 e. The summed E-state index contributed by atoms with van der Waals surface area (Å²) in [6.45, 7) is 0. The van der Waals surface area contributed by atoms with Gasteiger partial charge in [-0.3, -0.25) is 4.79 Å². The zero-order valence-electron chi connectivity index (χ0n) is 8.14. The van der Waals surface area contributed by atoms with Crippen molar-refractivity contribution in [3.8, 4) is 0 Å². The molecule has 1 aromatic carbocycles. The Morgan fingerprint density at radius 2 is 1.88 bits per heavy atom. The van der Waals surface area contributed by atoms with Crippen LogP contribution in [0.1, 0.15) is 15.9 Å². The number of thiophene rings is 1. The van der Waals surface area contributed by atoms with Crippen molar-refractivity contribution >= 4 is 44.7 Å². The second-order valence-corrected chi connectivity index (χ2v) is 5.21. The van der Waals surface area contributed by atoms with Crippen LogP contribution in [0.4, 0.5) is 8.78 Å². The van der Waals surface area contributed by atoms with Crippen molar-refractivity contribution < 1.29 is 13.6 Å². The molecule has 1 nitrogen and oxygen atoms in total. The van der Waals surface area contributed by atoms with E-state index in [1.165, 1.54) is 11.3 Å². The highest BCUT2D eigenvalue weighted by Crippen LogP contribution is 2.27. The van der Waals surface area contributed by atoms with Gasteiger partial charge in [-0.2, -0.15) is 11.3 Å². The quantitative estimate of drug-likeness (QED) is 0.575. The molecule has 0 fully saturated rings. The van der Waals surface area contributed by atoms with Crippen LogP contribution in [0, 0.1) is 11.6 Å². The highest BCUT2D eigenvalue weighted by molar-refractivity contribution is 9.10. The van der Waals surface area contributed by atoms with E-state index in [0.29, 0.717) is 10.0 Å². The number of hydrogen-bond acceptors (Lipinski definition) is 2. The van der Waals surface area contributed by atoms with E-state index in [9.17, 15) is 13.6 Å². The van der Waals surface area contributed by atoms with E-state index in [1.807, 2.05) is 0 Å². The van der Waals surface area contributed by atoms with Gasteiger partial charge < -0.3 is 0 Å². The molecule has 0 aliphatic carbocycles. The van der Waals surface area contributed by atoms with Gasteiger partial charge in [0.05, 0.1) is 10.6 Å². The van der Waals surface area contributed by atoms with Gasteiger partial charge in [0.25, 0.3) is 0 Å². The van der Waals surface area contributed by atoms with Crippen LogP contribution in [0.25, 0.3) is 0 Å². The molecule has 88 valence electrons. The zero-order valence-corrected chi connectivity index (χ0v) is 11.3. The van der Waals surface area contributed by atoms with Crippen molar-refractivity contribution in [2.75, 3.05) is 0 Å². The summed E-state index contributed by atoms with van der Waals surface area (Å²) in [5, 5.41) is 2.92. The van der Waals surface area contributed by atoms with Gasteiger partial charge in [0.1, 0.15) is 11.6 Å². The van der Waals surface area contributed by atoms with E-state index in [0.717, 1.165) is 12.1 Å². The van der Waals surface area contributed by atoms with Gasteiger partial charge >= 0.3 is 0 Å². The molecule has 0 spiro atoms. The van der Waals surface area contributed by atoms with E-state index in [1.54, 1.807) is 10.8 Å². The van der Waals surface area contributed by atoms with Crippen molar-refractivity contribution in [3.05, 3.63) is 55.1 Å². The third-order valence-corrected chi connectivity index (χ3v) is 4.11. The highest BCUT2D eigenvalue weighted by atomic mass is 79.9. The molecule has 0 N–H and O–H groups in total. The average Bonchev–Trinajstić information content (AvgIpc) is 2.69. The number of benzene rings is 1. The third-order valence-electron chi connectivity index (χ3n) is 2.11. The minimum absolute atomic E-state index is 0.302. The van der Waals surface area contributed by atoms with Crippen molar-refractivity contribution in [1.29, 1.82) is 0 Å². The van der Waals surface area contributed by atoms with Crippen LogP contribution in [0.2, 0.25) is 5.02 Å². The van der Waals surface area contributed by atoms with Crippen LogP contribution < -0.4 is 0 Å². The summed E-state index contributed by atoms with van der Waals surface area (Å²) in [5.74, 6) is -2.23. The Labute approximate surface area is 113 Å². The molecule has 2 rings (SSSR count). The summed E-state index contributed by atoms with van der Waals surface area (Å²) in [4.78, 5) is 11.9. The zero-order chi connectivity index (χ0) is 12.6. The first-order valence-corrected chi connectivity index (χ1v) is 6.53. The summed E-state index contributed by atoms with van der Waals surface area (Å²) in [7, 11) is 0. The van der Waals surface area contributed by atoms with E-state index >= 15 is 0 Å². The first kappa shape index (κ1) is 12.7. The molecule has 2 aromatic rings. The molecular formula is C11H4BrClF2OS. The maximum absolute atomic E-state index is 13.5. The summed E-state index contributed by atoms with van der Waals surface area (Å²) in [5.41, 5.74) is -0.0263. The fourth-order valence-corrected chi connectivity index (χ4v) is 2.89. The summed E-state index contributed by atoms with van der Waals surface area (Å²) < 4.78 is 27.3. The number of rotatable bonds is 2. The molecule has 0 radical (unpaired) electrons. The highest BCUT2D eigenvalue weighted by Gasteiger charge is 2.19. The van der Waals surface area contributed by atoms with Gasteiger partial charge in [0.2, 0.25) is 0 Å². The van der Waals surface area contributed by atoms with Crippen LogP contribution in [0.15, 0.2) is 27.4 Å². The Morgan fingerprint density at radius 1 is 1.18 bits per heavy atom. The number of carbonyl (C=O) groups excluding carboxylic acids is 1. The molecule has 0 atom stereocenters. The second-order valence-electron chi connectivity index (χ2n) is 3.21. The average molecular weight is 338 g/mol. The number of halogens is 4. The lowest BCUT2D eigenvalue weighted by Gasteiger charge is -2.03. The number of hydrogen-bond donors (Lipinski definition) is 0. The topological polar surface area (TPSA) is 17.1 Å². The first-order valence-electron chi connectivity index (χ1n) is 4.41. The van der Waals surface area contributed by atoms with Crippen molar-refractivity contribution in [1.82, 2.24) is 0 Å². The molecule has 6 heteroatoms. The van der Waals surface area contributed by atoms with Crippen LogP contribution >= 0.6 is 38.9 Å². The van der Waals surface area contributed by atoms with E-state index < -0.39 is 17.4 Å². The molecule has 1 heterocycles. The van der Waals surface area contributed by atoms with E-state index in [-0.39, 0.29) is 10.6 Å². The van der Waals surface area contributed by atoms with Gasteiger partial charge in [-0.1, -0.05) is 11.6 Å². The number of carbonyl (C=O) groups is 1. The monoisotopic (exact) mass is 336 g/mol. The Hall–Kier alpha value is -0.780. The van der Waals surface area contributed by atoms with Gasteiger partial charge in [-0.15, -0.1) is 0 Å². The predicted molar refractivity (Wildman–Crippen MR) is 66.8 cm³/mol. The van der Waals surface area contributed by atoms with Gasteiger partial charge in [-0.25, -0.2) is 8.78 Å². The van der Waals surface area contributed by atoms with Crippen molar-refractivity contribution in [2.45, 2.75) is 0 Å². The van der Waals surface area contributed by atoms with E-state index in [4.69, 9.17) is 11.6 Å². The molecular weight excluding hydrogens is 334 g/mol. The van der Waals surface area contributed by atoms with Gasteiger partial charge in [0, 0.05) is 20.8 Å². The molecule has 1 aromatic heterocycles. The smallest absolute Gasteiger partial charge is 0.198 e.